The first-order chi connectivity index (χ1) is 11.8. The molecule has 6 heteroatoms. The number of carbonyl (C=O) groups excluding carboxylic acids is 3. The van der Waals surface area contributed by atoms with Crippen LogP contribution in [0.5, 0.6) is 0 Å². The normalized spacial score (nSPS) is 34.6. The molecule has 132 valence electrons. The van der Waals surface area contributed by atoms with Crippen molar-refractivity contribution in [2.24, 2.45) is 17.3 Å². The van der Waals surface area contributed by atoms with E-state index in [1.54, 1.807) is 0 Å². The van der Waals surface area contributed by atoms with Crippen molar-refractivity contribution in [2.75, 3.05) is 11.4 Å². The topological polar surface area (TPSA) is 66.5 Å². The number of carbonyl (C=O) groups is 3. The van der Waals surface area contributed by atoms with E-state index in [1.807, 2.05) is 12.1 Å². The van der Waals surface area contributed by atoms with Crippen molar-refractivity contribution in [3.8, 4) is 0 Å². The van der Waals surface area contributed by atoms with Crippen molar-refractivity contribution < 1.29 is 14.4 Å². The van der Waals surface area contributed by atoms with E-state index in [1.165, 1.54) is 0 Å². The molecular formula is C19H21BrN2O3. The molecule has 2 saturated heterocycles. The average molecular weight is 405 g/mol. The van der Waals surface area contributed by atoms with E-state index < -0.39 is 17.2 Å². The van der Waals surface area contributed by atoms with Gasteiger partial charge in [0, 0.05) is 16.7 Å². The Morgan fingerprint density at radius 3 is 2.72 bits per heavy atom. The van der Waals surface area contributed by atoms with Gasteiger partial charge in [0.25, 0.3) is 0 Å². The zero-order valence-corrected chi connectivity index (χ0v) is 15.9. The maximum Gasteiger partial charge on any atom is 0.242 e. The molecular weight excluding hydrogens is 384 g/mol. The molecule has 0 bridgehead atoms. The third kappa shape index (κ3) is 2.37. The molecule has 25 heavy (non-hydrogen) atoms. The van der Waals surface area contributed by atoms with Gasteiger partial charge in [-0.25, -0.2) is 0 Å². The molecule has 0 aliphatic carbocycles. The van der Waals surface area contributed by atoms with Gasteiger partial charge in [0.2, 0.25) is 11.8 Å². The molecule has 0 radical (unpaired) electrons. The molecule has 4 unspecified atom stereocenters. The van der Waals surface area contributed by atoms with Gasteiger partial charge < -0.3 is 4.90 Å². The summed E-state index contributed by atoms with van der Waals surface area (Å²) in [7, 11) is 0. The van der Waals surface area contributed by atoms with Gasteiger partial charge in [0.05, 0.1) is 12.5 Å². The first-order valence-electron chi connectivity index (χ1n) is 8.75. The van der Waals surface area contributed by atoms with Gasteiger partial charge in [-0.15, -0.1) is 0 Å². The highest BCUT2D eigenvalue weighted by molar-refractivity contribution is 9.10. The van der Waals surface area contributed by atoms with Crippen molar-refractivity contribution in [2.45, 2.75) is 39.2 Å². The number of nitrogens with zero attached hydrogens (tertiary/aromatic N) is 1. The van der Waals surface area contributed by atoms with Gasteiger partial charge >= 0.3 is 0 Å². The fourth-order valence-corrected chi connectivity index (χ4v) is 5.57. The fourth-order valence-electron chi connectivity index (χ4n) is 5.17. The van der Waals surface area contributed by atoms with Crippen LogP contribution in [0.25, 0.3) is 0 Å². The molecule has 3 aliphatic heterocycles. The zero-order valence-electron chi connectivity index (χ0n) is 14.3. The van der Waals surface area contributed by atoms with Crippen molar-refractivity contribution in [1.82, 2.24) is 5.32 Å². The highest BCUT2D eigenvalue weighted by atomic mass is 79.9. The van der Waals surface area contributed by atoms with E-state index in [4.69, 9.17) is 0 Å². The number of imide groups is 1. The molecule has 0 saturated carbocycles. The minimum Gasteiger partial charge on any atom is -0.366 e. The SMILES string of the molecule is CC1CC(C)C2N(C1)c1ccc(Br)cc1CC21C(=O)CC(=O)NC1=O. The summed E-state index contributed by atoms with van der Waals surface area (Å²) in [5, 5.41) is 2.44. The van der Waals surface area contributed by atoms with Crippen molar-refractivity contribution in [3.05, 3.63) is 28.2 Å². The number of amides is 2. The number of anilines is 1. The predicted molar refractivity (Wildman–Crippen MR) is 97.1 cm³/mol. The lowest BCUT2D eigenvalue weighted by Gasteiger charge is -2.56. The summed E-state index contributed by atoms with van der Waals surface area (Å²) in [6.45, 7) is 5.15. The highest BCUT2D eigenvalue weighted by Gasteiger charge is 2.61. The summed E-state index contributed by atoms with van der Waals surface area (Å²) < 4.78 is 0.928. The van der Waals surface area contributed by atoms with Crippen LogP contribution in [0.2, 0.25) is 0 Å². The molecule has 2 amide bonds. The van der Waals surface area contributed by atoms with Crippen LogP contribution >= 0.6 is 15.9 Å². The Morgan fingerprint density at radius 1 is 1.24 bits per heavy atom. The molecule has 1 aromatic rings. The lowest BCUT2D eigenvalue weighted by Crippen LogP contribution is -2.70. The number of hydrogen-bond donors (Lipinski definition) is 1. The molecule has 1 aromatic carbocycles. The van der Waals surface area contributed by atoms with Gasteiger partial charge in [-0.2, -0.15) is 0 Å². The quantitative estimate of drug-likeness (QED) is 0.532. The summed E-state index contributed by atoms with van der Waals surface area (Å²) in [5.41, 5.74) is 0.931. The third-order valence-electron chi connectivity index (χ3n) is 5.96. The van der Waals surface area contributed by atoms with E-state index >= 15 is 0 Å². The maximum absolute atomic E-state index is 13.0. The summed E-state index contributed by atoms with van der Waals surface area (Å²) in [5.74, 6) is -0.451. The second-order valence-corrected chi connectivity index (χ2v) is 8.73. The Balaban J connectivity index is 1.92. The number of hydrogen-bond acceptors (Lipinski definition) is 4. The summed E-state index contributed by atoms with van der Waals surface area (Å²) in [6, 6.07) is 5.87. The number of benzene rings is 1. The molecule has 3 aliphatic rings. The Kier molecular flexibility index (Phi) is 3.79. The minimum atomic E-state index is -1.17. The first kappa shape index (κ1) is 16.8. The molecule has 4 rings (SSSR count). The number of rotatable bonds is 0. The zero-order chi connectivity index (χ0) is 17.9. The third-order valence-corrected chi connectivity index (χ3v) is 6.45. The van der Waals surface area contributed by atoms with Crippen LogP contribution in [0, 0.1) is 17.3 Å². The van der Waals surface area contributed by atoms with Crippen LogP contribution in [0.3, 0.4) is 0 Å². The summed E-state index contributed by atoms with van der Waals surface area (Å²) >= 11 is 3.50. The second kappa shape index (κ2) is 5.66. The molecule has 5 nitrogen and oxygen atoms in total. The number of halogens is 1. The lowest BCUT2D eigenvalue weighted by atomic mass is 9.60. The van der Waals surface area contributed by atoms with Crippen LogP contribution in [-0.4, -0.2) is 30.2 Å². The van der Waals surface area contributed by atoms with Gasteiger partial charge in [0.15, 0.2) is 5.78 Å². The number of fused-ring (bicyclic) bond motifs is 4. The molecule has 4 atom stereocenters. The van der Waals surface area contributed by atoms with Crippen LogP contribution in [0.4, 0.5) is 5.69 Å². The van der Waals surface area contributed by atoms with Crippen LogP contribution in [-0.2, 0) is 20.8 Å². The Morgan fingerprint density at radius 2 is 2.00 bits per heavy atom. The van der Waals surface area contributed by atoms with Crippen molar-refractivity contribution in [3.63, 3.8) is 0 Å². The Bertz CT molecular complexity index is 771. The van der Waals surface area contributed by atoms with Gasteiger partial charge in [-0.3, -0.25) is 19.7 Å². The predicted octanol–water partition coefficient (Wildman–Crippen LogP) is 2.46. The van der Waals surface area contributed by atoms with E-state index in [-0.39, 0.29) is 24.2 Å². The maximum atomic E-state index is 13.0. The monoisotopic (exact) mass is 404 g/mol. The van der Waals surface area contributed by atoms with Crippen LogP contribution in [0.1, 0.15) is 32.3 Å². The van der Waals surface area contributed by atoms with Gasteiger partial charge in [0.1, 0.15) is 5.41 Å². The summed E-state index contributed by atoms with van der Waals surface area (Å²) in [6.07, 6.45) is 1.13. The Labute approximate surface area is 155 Å². The largest absolute Gasteiger partial charge is 0.366 e. The standard InChI is InChI=1S/C19H21BrN2O3/c1-10-5-11(2)17-19(15(23)7-16(24)21-18(19)25)8-12-6-13(20)3-4-14(12)22(17)9-10/h3-4,6,10-11,17H,5,7-9H2,1-2H3,(H,21,24,25). The first-order valence-corrected chi connectivity index (χ1v) is 9.55. The highest BCUT2D eigenvalue weighted by Crippen LogP contribution is 2.50. The number of Topliss-reactive ketones (excluding diaryl/α,β-unsaturated/α-hetero) is 1. The smallest absolute Gasteiger partial charge is 0.242 e. The number of nitrogens with one attached hydrogen (secondary N) is 1. The van der Waals surface area contributed by atoms with Gasteiger partial charge in [-0.05, 0) is 48.4 Å². The van der Waals surface area contributed by atoms with E-state index in [9.17, 15) is 14.4 Å². The van der Waals surface area contributed by atoms with Crippen LogP contribution in [0.15, 0.2) is 22.7 Å². The number of piperidine rings is 2. The van der Waals surface area contributed by atoms with Gasteiger partial charge in [-0.1, -0.05) is 29.8 Å². The molecule has 3 heterocycles. The molecule has 2 fully saturated rings. The number of ketones is 1. The summed E-state index contributed by atoms with van der Waals surface area (Å²) in [4.78, 5) is 40.0. The van der Waals surface area contributed by atoms with Crippen LogP contribution < -0.4 is 10.2 Å². The minimum absolute atomic E-state index is 0.196. The second-order valence-electron chi connectivity index (χ2n) is 7.81. The van der Waals surface area contributed by atoms with E-state index in [0.717, 1.165) is 28.7 Å². The van der Waals surface area contributed by atoms with Crippen molar-refractivity contribution in [1.29, 1.82) is 0 Å². The van der Waals surface area contributed by atoms with E-state index in [2.05, 4.69) is 46.1 Å². The fraction of sp³-hybridized carbons (Fsp3) is 0.526. The molecule has 0 aromatic heterocycles. The Hall–Kier alpha value is -1.69. The molecule has 1 spiro atoms. The molecule has 1 N–H and O–H groups in total. The van der Waals surface area contributed by atoms with E-state index in [0.29, 0.717) is 12.3 Å². The average Bonchev–Trinajstić information content (AvgIpc) is 2.51. The van der Waals surface area contributed by atoms with Crippen molar-refractivity contribution >= 4 is 39.2 Å². The lowest BCUT2D eigenvalue weighted by molar-refractivity contribution is -0.153.